The molecule has 1 aliphatic carbocycles. The molecule has 1 saturated carbocycles. The van der Waals surface area contributed by atoms with Gasteiger partial charge in [-0.25, -0.2) is 0 Å². The summed E-state index contributed by atoms with van der Waals surface area (Å²) in [7, 11) is 0. The molecule has 0 amide bonds. The summed E-state index contributed by atoms with van der Waals surface area (Å²) in [6.45, 7) is 7.53. The van der Waals surface area contributed by atoms with Crippen molar-refractivity contribution >= 4 is 0 Å². The first-order valence-electron chi connectivity index (χ1n) is 7.62. The van der Waals surface area contributed by atoms with Crippen molar-refractivity contribution in [2.75, 3.05) is 6.54 Å². The highest BCUT2D eigenvalue weighted by Crippen LogP contribution is 2.31. The number of aryl methyl sites for hydroxylation is 1. The molecule has 1 heterocycles. The minimum Gasteiger partial charge on any atom is -0.425 e. The quantitative estimate of drug-likeness (QED) is 0.829. The van der Waals surface area contributed by atoms with Gasteiger partial charge in [-0.2, -0.15) is 0 Å². The van der Waals surface area contributed by atoms with E-state index in [0.717, 1.165) is 31.2 Å². The second kappa shape index (κ2) is 6.51. The highest BCUT2D eigenvalue weighted by atomic mass is 16.4. The smallest absolute Gasteiger partial charge is 0.219 e. The Balaban J connectivity index is 1.74. The molecule has 2 rings (SSSR count). The van der Waals surface area contributed by atoms with Crippen LogP contribution in [0.3, 0.4) is 0 Å². The van der Waals surface area contributed by atoms with Gasteiger partial charge in [0.25, 0.3) is 0 Å². The largest absolute Gasteiger partial charge is 0.425 e. The molecular formula is C15H27N3O. The summed E-state index contributed by atoms with van der Waals surface area (Å²) in [6, 6.07) is 0. The van der Waals surface area contributed by atoms with Crippen LogP contribution in [0.2, 0.25) is 0 Å². The van der Waals surface area contributed by atoms with Gasteiger partial charge in [0.05, 0.1) is 0 Å². The van der Waals surface area contributed by atoms with Gasteiger partial charge in [0.1, 0.15) is 0 Å². The minimum atomic E-state index is 0.183. The highest BCUT2D eigenvalue weighted by Gasteiger charge is 2.21. The first-order chi connectivity index (χ1) is 9.04. The number of nitrogens with one attached hydrogen (secondary N) is 1. The number of nitrogens with zero attached hydrogens (tertiary/aromatic N) is 2. The van der Waals surface area contributed by atoms with Crippen molar-refractivity contribution in [1.29, 1.82) is 0 Å². The van der Waals surface area contributed by atoms with Gasteiger partial charge < -0.3 is 9.73 Å². The molecule has 0 aliphatic heterocycles. The zero-order valence-corrected chi connectivity index (χ0v) is 12.5. The predicted octanol–water partition coefficient (Wildman–Crippen LogP) is 3.44. The number of rotatable bonds is 5. The maximum absolute atomic E-state index is 5.81. The van der Waals surface area contributed by atoms with Crippen molar-refractivity contribution in [3.8, 4) is 0 Å². The maximum Gasteiger partial charge on any atom is 0.219 e. The molecule has 19 heavy (non-hydrogen) atoms. The lowest BCUT2D eigenvalue weighted by atomic mass is 9.89. The lowest BCUT2D eigenvalue weighted by Crippen LogP contribution is -2.36. The van der Waals surface area contributed by atoms with Crippen molar-refractivity contribution < 1.29 is 4.42 Å². The normalized spacial score (nSPS) is 17.8. The molecule has 4 nitrogen and oxygen atoms in total. The van der Waals surface area contributed by atoms with Gasteiger partial charge in [-0.1, -0.05) is 19.3 Å². The molecule has 1 aliphatic rings. The van der Waals surface area contributed by atoms with Crippen molar-refractivity contribution in [3.05, 3.63) is 11.8 Å². The first-order valence-corrected chi connectivity index (χ1v) is 7.62. The van der Waals surface area contributed by atoms with E-state index >= 15 is 0 Å². The molecule has 1 aromatic heterocycles. The Bertz CT molecular complexity index is 375. The van der Waals surface area contributed by atoms with Crippen LogP contribution in [0, 0.1) is 0 Å². The SMILES string of the molecule is CC(C)(C)NCCCc1nnc(C2CCCCC2)o1. The Morgan fingerprint density at radius 2 is 1.89 bits per heavy atom. The average molecular weight is 265 g/mol. The number of hydrogen-bond acceptors (Lipinski definition) is 4. The molecular weight excluding hydrogens is 238 g/mol. The molecule has 0 aromatic carbocycles. The van der Waals surface area contributed by atoms with Crippen LogP contribution in [0.15, 0.2) is 4.42 Å². The Hall–Kier alpha value is -0.900. The molecule has 0 radical (unpaired) electrons. The lowest BCUT2D eigenvalue weighted by molar-refractivity contribution is 0.347. The third kappa shape index (κ3) is 4.94. The van der Waals surface area contributed by atoms with E-state index in [1.165, 1.54) is 32.1 Å². The molecule has 0 saturated heterocycles. The number of hydrogen-bond donors (Lipinski definition) is 1. The van der Waals surface area contributed by atoms with Gasteiger partial charge in [-0.05, 0) is 46.6 Å². The predicted molar refractivity (Wildman–Crippen MR) is 76.2 cm³/mol. The monoisotopic (exact) mass is 265 g/mol. The van der Waals surface area contributed by atoms with E-state index in [1.54, 1.807) is 0 Å². The molecule has 0 spiro atoms. The summed E-state index contributed by atoms with van der Waals surface area (Å²) in [6.07, 6.45) is 8.32. The molecule has 1 aromatic rings. The Morgan fingerprint density at radius 1 is 1.16 bits per heavy atom. The second-order valence-corrected chi connectivity index (χ2v) is 6.65. The van der Waals surface area contributed by atoms with Crippen molar-refractivity contribution in [3.63, 3.8) is 0 Å². The van der Waals surface area contributed by atoms with Gasteiger partial charge in [0, 0.05) is 17.9 Å². The minimum absolute atomic E-state index is 0.183. The Labute approximate surface area is 116 Å². The Kier molecular flexibility index (Phi) is 4.97. The average Bonchev–Trinajstić information content (AvgIpc) is 2.83. The van der Waals surface area contributed by atoms with Crippen molar-refractivity contribution in [2.24, 2.45) is 0 Å². The fourth-order valence-corrected chi connectivity index (χ4v) is 2.59. The van der Waals surface area contributed by atoms with E-state index in [9.17, 15) is 0 Å². The van der Waals surface area contributed by atoms with Gasteiger partial charge in [0.15, 0.2) is 0 Å². The second-order valence-electron chi connectivity index (χ2n) is 6.65. The standard InChI is InChI=1S/C15H27N3O/c1-15(2,3)16-11-7-10-13-17-18-14(19-13)12-8-5-4-6-9-12/h12,16H,4-11H2,1-3H3. The summed E-state index contributed by atoms with van der Waals surface area (Å²) < 4.78 is 5.81. The molecule has 4 heteroatoms. The highest BCUT2D eigenvalue weighted by molar-refractivity contribution is 4.93. The van der Waals surface area contributed by atoms with E-state index in [1.807, 2.05) is 0 Å². The van der Waals surface area contributed by atoms with Crippen LogP contribution in [-0.4, -0.2) is 22.3 Å². The molecule has 0 unspecified atom stereocenters. The van der Waals surface area contributed by atoms with E-state index in [2.05, 4.69) is 36.3 Å². The van der Waals surface area contributed by atoms with Crippen LogP contribution in [0.4, 0.5) is 0 Å². The van der Waals surface area contributed by atoms with Crippen molar-refractivity contribution in [1.82, 2.24) is 15.5 Å². The molecule has 1 fully saturated rings. The van der Waals surface area contributed by atoms with E-state index in [-0.39, 0.29) is 5.54 Å². The summed E-state index contributed by atoms with van der Waals surface area (Å²) >= 11 is 0. The molecule has 108 valence electrons. The summed E-state index contributed by atoms with van der Waals surface area (Å²) in [5.74, 6) is 2.19. The van der Waals surface area contributed by atoms with Crippen LogP contribution >= 0.6 is 0 Å². The first kappa shape index (κ1) is 14.5. The van der Waals surface area contributed by atoms with Crippen molar-refractivity contribution in [2.45, 2.75) is 77.2 Å². The van der Waals surface area contributed by atoms with Crippen LogP contribution in [0.5, 0.6) is 0 Å². The third-order valence-electron chi connectivity index (χ3n) is 3.66. The topological polar surface area (TPSA) is 51.0 Å². The van der Waals surface area contributed by atoms with E-state index in [0.29, 0.717) is 5.92 Å². The van der Waals surface area contributed by atoms with Crippen LogP contribution in [0.1, 0.15) is 77.0 Å². The van der Waals surface area contributed by atoms with Crippen LogP contribution < -0.4 is 5.32 Å². The van der Waals surface area contributed by atoms with E-state index in [4.69, 9.17) is 4.42 Å². The van der Waals surface area contributed by atoms with Gasteiger partial charge in [-0.15, -0.1) is 10.2 Å². The van der Waals surface area contributed by atoms with E-state index < -0.39 is 0 Å². The summed E-state index contributed by atoms with van der Waals surface area (Å²) in [5.41, 5.74) is 0.183. The number of aromatic nitrogens is 2. The fraction of sp³-hybridized carbons (Fsp3) is 0.867. The zero-order chi connectivity index (χ0) is 13.7. The van der Waals surface area contributed by atoms with Crippen LogP contribution in [0.25, 0.3) is 0 Å². The lowest BCUT2D eigenvalue weighted by Gasteiger charge is -2.20. The summed E-state index contributed by atoms with van der Waals surface area (Å²) in [4.78, 5) is 0. The Morgan fingerprint density at radius 3 is 2.58 bits per heavy atom. The third-order valence-corrected chi connectivity index (χ3v) is 3.66. The van der Waals surface area contributed by atoms with Gasteiger partial charge >= 0.3 is 0 Å². The van der Waals surface area contributed by atoms with Crippen LogP contribution in [-0.2, 0) is 6.42 Å². The zero-order valence-electron chi connectivity index (χ0n) is 12.5. The molecule has 1 N–H and O–H groups in total. The molecule has 0 bridgehead atoms. The van der Waals surface area contributed by atoms with Gasteiger partial charge in [0.2, 0.25) is 11.8 Å². The van der Waals surface area contributed by atoms with Gasteiger partial charge in [-0.3, -0.25) is 0 Å². The maximum atomic E-state index is 5.81. The molecule has 0 atom stereocenters. The summed E-state index contributed by atoms with van der Waals surface area (Å²) in [5, 5.41) is 11.9. The fourth-order valence-electron chi connectivity index (χ4n) is 2.59.